The van der Waals surface area contributed by atoms with Gasteiger partial charge in [-0.1, -0.05) is 141 Å². The maximum Gasteiger partial charge on any atom is 0.472 e. The highest BCUT2D eigenvalue weighted by atomic mass is 31.2. The SMILES string of the molecule is CCCCCCCC/C=C/CCCCCCCC(=O)OCC(COP(=O)(O)OC1C(O)C(O)C(OP(=O)(O)O)C(OP(=O)(O)O)C1O)OC(=O)CCCCCCC/C=C/CCCCCCCC. The lowest BCUT2D eigenvalue weighted by Crippen LogP contribution is -2.65. The molecule has 0 radical (unpaired) electrons. The maximum atomic E-state index is 13.1. The van der Waals surface area contributed by atoms with Crippen molar-refractivity contribution in [2.45, 2.75) is 236 Å². The first-order valence-electron chi connectivity index (χ1n) is 24.6. The van der Waals surface area contributed by atoms with Crippen molar-refractivity contribution in [1.29, 1.82) is 0 Å². The Labute approximate surface area is 398 Å². The van der Waals surface area contributed by atoms with Gasteiger partial charge in [-0.2, -0.15) is 0 Å². The average Bonchev–Trinajstić information content (AvgIpc) is 3.25. The number of allylic oxidation sites excluding steroid dienone is 4. The second-order valence-corrected chi connectivity index (χ2v) is 21.2. The molecule has 0 saturated heterocycles. The number of hydrogen-bond acceptors (Lipinski definition) is 14. The Morgan fingerprint density at radius 2 is 0.821 bits per heavy atom. The zero-order valence-corrected chi connectivity index (χ0v) is 42.7. The van der Waals surface area contributed by atoms with E-state index in [0.29, 0.717) is 12.8 Å². The number of unbranched alkanes of at least 4 members (excludes halogenated alkanes) is 22. The zero-order valence-electron chi connectivity index (χ0n) is 40.0. The third-order valence-electron chi connectivity index (χ3n) is 11.2. The Kier molecular flexibility index (Phi) is 35.5. The van der Waals surface area contributed by atoms with Gasteiger partial charge in [0.2, 0.25) is 0 Å². The van der Waals surface area contributed by atoms with Crippen LogP contribution < -0.4 is 0 Å². The molecule has 394 valence electrons. The van der Waals surface area contributed by atoms with Gasteiger partial charge in [-0.3, -0.25) is 27.7 Å². The van der Waals surface area contributed by atoms with Crippen molar-refractivity contribution in [3.05, 3.63) is 24.3 Å². The van der Waals surface area contributed by atoms with Gasteiger partial charge in [-0.15, -0.1) is 0 Å². The summed E-state index contributed by atoms with van der Waals surface area (Å²) in [7, 11) is -16.6. The standard InChI is InChI=1S/C45H85O19P3/c1-3-5-7-9-11-13-15-17-19-21-23-25-27-29-31-33-38(46)59-35-37(61-39(47)34-32-30-28-26-24-22-20-18-16-14-12-10-8-6-4-2)36-60-67(57,58)64-43-40(48)41(49)44(62-65(51,52)53)45(42(43)50)63-66(54,55)56/h17-20,37,40-45,48-50H,3-16,21-36H2,1-2H3,(H,57,58)(H2,51,52,53)(H2,54,55,56)/b19-17+,20-18+. The van der Waals surface area contributed by atoms with E-state index < -0.39 is 91.3 Å². The number of ether oxygens (including phenoxy) is 2. The van der Waals surface area contributed by atoms with Crippen LogP contribution in [0.15, 0.2) is 24.3 Å². The van der Waals surface area contributed by atoms with E-state index in [0.717, 1.165) is 77.0 Å². The molecule has 0 heterocycles. The molecule has 0 aromatic rings. The molecule has 1 saturated carbocycles. The second kappa shape index (κ2) is 37.4. The number of aliphatic hydroxyl groups excluding tert-OH is 3. The van der Waals surface area contributed by atoms with Crippen LogP contribution >= 0.6 is 23.5 Å². The fraction of sp³-hybridized carbons (Fsp3) is 0.867. The number of aliphatic hydroxyl groups is 3. The Morgan fingerprint density at radius 1 is 0.463 bits per heavy atom. The molecular formula is C45H85O19P3. The van der Waals surface area contributed by atoms with Crippen molar-refractivity contribution in [2.24, 2.45) is 0 Å². The van der Waals surface area contributed by atoms with Crippen LogP contribution in [0.1, 0.15) is 194 Å². The fourth-order valence-corrected chi connectivity index (χ4v) is 9.61. The van der Waals surface area contributed by atoms with Crippen molar-refractivity contribution < 1.29 is 90.6 Å². The fourth-order valence-electron chi connectivity index (χ4n) is 7.51. The van der Waals surface area contributed by atoms with Gasteiger partial charge < -0.3 is 49.3 Å². The van der Waals surface area contributed by atoms with Gasteiger partial charge in [0.15, 0.2) is 6.10 Å². The van der Waals surface area contributed by atoms with E-state index in [9.17, 15) is 63.1 Å². The zero-order chi connectivity index (χ0) is 50.0. The van der Waals surface area contributed by atoms with E-state index in [-0.39, 0.29) is 12.8 Å². The highest BCUT2D eigenvalue weighted by Gasteiger charge is 2.56. The van der Waals surface area contributed by atoms with Crippen LogP contribution in [-0.4, -0.2) is 108 Å². The highest BCUT2D eigenvalue weighted by Crippen LogP contribution is 2.51. The van der Waals surface area contributed by atoms with Gasteiger partial charge in [-0.25, -0.2) is 13.7 Å². The highest BCUT2D eigenvalue weighted by molar-refractivity contribution is 7.47. The lowest BCUT2D eigenvalue weighted by atomic mass is 9.85. The normalized spacial score (nSPS) is 21.8. The number of phosphoric acid groups is 3. The molecule has 0 aromatic heterocycles. The van der Waals surface area contributed by atoms with Crippen LogP contribution in [0.4, 0.5) is 0 Å². The van der Waals surface area contributed by atoms with E-state index in [2.05, 4.69) is 47.2 Å². The minimum Gasteiger partial charge on any atom is -0.462 e. The van der Waals surface area contributed by atoms with Crippen molar-refractivity contribution >= 4 is 35.4 Å². The van der Waals surface area contributed by atoms with E-state index in [4.69, 9.17) is 18.5 Å². The number of hydrogen-bond donors (Lipinski definition) is 8. The summed E-state index contributed by atoms with van der Waals surface area (Å²) >= 11 is 0. The molecule has 1 fully saturated rings. The van der Waals surface area contributed by atoms with Crippen LogP contribution in [0.3, 0.4) is 0 Å². The van der Waals surface area contributed by atoms with Crippen LogP contribution in [0.5, 0.6) is 0 Å². The average molecular weight is 1020 g/mol. The number of carbonyl (C=O) groups excluding carboxylic acids is 2. The quantitative estimate of drug-likeness (QED) is 0.0122. The first-order chi connectivity index (χ1) is 31.8. The third kappa shape index (κ3) is 33.8. The summed E-state index contributed by atoms with van der Waals surface area (Å²) in [6.07, 6.45) is 20.5. The predicted molar refractivity (Wildman–Crippen MR) is 252 cm³/mol. The summed E-state index contributed by atoms with van der Waals surface area (Å²) in [4.78, 5) is 73.2. The number of rotatable bonds is 42. The molecule has 8 unspecified atom stereocenters. The van der Waals surface area contributed by atoms with E-state index in [1.165, 1.54) is 77.0 Å². The minimum atomic E-state index is -5.60. The third-order valence-corrected chi connectivity index (χ3v) is 13.3. The summed E-state index contributed by atoms with van der Waals surface area (Å²) in [5.41, 5.74) is 0. The van der Waals surface area contributed by atoms with Gasteiger partial charge in [-0.05, 0) is 64.2 Å². The van der Waals surface area contributed by atoms with Crippen LogP contribution in [-0.2, 0) is 50.9 Å². The van der Waals surface area contributed by atoms with Crippen molar-refractivity contribution in [3.8, 4) is 0 Å². The molecule has 0 bridgehead atoms. The van der Waals surface area contributed by atoms with Gasteiger partial charge in [0, 0.05) is 12.8 Å². The van der Waals surface area contributed by atoms with Gasteiger partial charge in [0.25, 0.3) is 0 Å². The largest absolute Gasteiger partial charge is 0.472 e. The lowest BCUT2D eigenvalue weighted by molar-refractivity contribution is -0.213. The van der Waals surface area contributed by atoms with Gasteiger partial charge in [0.05, 0.1) is 6.61 Å². The van der Waals surface area contributed by atoms with E-state index in [1.807, 2.05) is 0 Å². The molecular weight excluding hydrogens is 937 g/mol. The predicted octanol–water partition coefficient (Wildman–Crippen LogP) is 9.07. The first kappa shape index (κ1) is 63.6. The molecule has 19 nitrogen and oxygen atoms in total. The lowest BCUT2D eigenvalue weighted by Gasteiger charge is -2.44. The molecule has 0 spiro atoms. The van der Waals surface area contributed by atoms with Crippen LogP contribution in [0.2, 0.25) is 0 Å². The Morgan fingerprint density at radius 3 is 1.24 bits per heavy atom. The summed E-state index contributed by atoms with van der Waals surface area (Å²) in [5, 5.41) is 31.9. The van der Waals surface area contributed by atoms with Crippen molar-refractivity contribution in [3.63, 3.8) is 0 Å². The van der Waals surface area contributed by atoms with E-state index >= 15 is 0 Å². The maximum absolute atomic E-state index is 13.1. The van der Waals surface area contributed by atoms with Crippen molar-refractivity contribution in [2.75, 3.05) is 13.2 Å². The summed E-state index contributed by atoms with van der Waals surface area (Å²) in [6.45, 7) is 2.93. The number of esters is 2. The van der Waals surface area contributed by atoms with Crippen LogP contribution in [0, 0.1) is 0 Å². The minimum absolute atomic E-state index is 0.0119. The molecule has 67 heavy (non-hydrogen) atoms. The molecule has 0 amide bonds. The molecule has 0 aliphatic heterocycles. The molecule has 0 aromatic carbocycles. The summed E-state index contributed by atoms with van der Waals surface area (Å²) in [6, 6.07) is 0. The Bertz CT molecular complexity index is 1500. The summed E-state index contributed by atoms with van der Waals surface area (Å²) < 4.78 is 65.5. The number of phosphoric ester groups is 3. The number of carbonyl (C=O) groups is 2. The first-order valence-corrected chi connectivity index (χ1v) is 29.2. The molecule has 1 aliphatic rings. The molecule has 1 aliphatic carbocycles. The van der Waals surface area contributed by atoms with Gasteiger partial charge in [0.1, 0.15) is 43.2 Å². The molecule has 8 N–H and O–H groups in total. The van der Waals surface area contributed by atoms with E-state index in [1.54, 1.807) is 0 Å². The van der Waals surface area contributed by atoms with Gasteiger partial charge >= 0.3 is 35.4 Å². The summed E-state index contributed by atoms with van der Waals surface area (Å²) in [5.74, 6) is -1.31. The second-order valence-electron chi connectivity index (χ2n) is 17.4. The van der Waals surface area contributed by atoms with Crippen LogP contribution in [0.25, 0.3) is 0 Å². The topological polar surface area (TPSA) is 303 Å². The smallest absolute Gasteiger partial charge is 0.462 e. The Balaban J connectivity index is 2.73. The molecule has 1 rings (SSSR count). The Hall–Kier alpha value is -1.37. The molecule has 22 heteroatoms. The molecule has 8 atom stereocenters. The monoisotopic (exact) mass is 1020 g/mol. The van der Waals surface area contributed by atoms with Crippen molar-refractivity contribution in [1.82, 2.24) is 0 Å².